The van der Waals surface area contributed by atoms with Crippen molar-refractivity contribution < 1.29 is 4.92 Å². The summed E-state index contributed by atoms with van der Waals surface area (Å²) in [6.07, 6.45) is 6.15. The zero-order valence-electron chi connectivity index (χ0n) is 6.54. The second-order valence-corrected chi connectivity index (χ2v) is 2.73. The molecule has 0 atom stereocenters. The quantitative estimate of drug-likeness (QED) is 0.428. The minimum Gasteiger partial charge on any atom is -0.259 e. The van der Waals surface area contributed by atoms with Gasteiger partial charge in [-0.1, -0.05) is 6.08 Å². The van der Waals surface area contributed by atoms with Crippen LogP contribution in [0.5, 0.6) is 0 Å². The van der Waals surface area contributed by atoms with Crippen LogP contribution in [0.1, 0.15) is 26.2 Å². The van der Waals surface area contributed by atoms with Crippen molar-refractivity contribution in [3.8, 4) is 0 Å². The van der Waals surface area contributed by atoms with Gasteiger partial charge in [0.15, 0.2) is 0 Å². The van der Waals surface area contributed by atoms with Gasteiger partial charge in [-0.2, -0.15) is 0 Å². The number of rotatable bonds is 1. The lowest BCUT2D eigenvalue weighted by atomic mass is 10.2. The first-order chi connectivity index (χ1) is 5.20. The highest BCUT2D eigenvalue weighted by molar-refractivity contribution is 5.20. The third-order valence-corrected chi connectivity index (χ3v) is 1.73. The van der Waals surface area contributed by atoms with Crippen molar-refractivity contribution in [2.75, 3.05) is 0 Å². The molecule has 1 aliphatic rings. The smallest absolute Gasteiger partial charge is 0.246 e. The molecule has 1 aliphatic carbocycles. The number of hydrogen-bond donors (Lipinski definition) is 0. The molecule has 3 heteroatoms. The van der Waals surface area contributed by atoms with Crippen LogP contribution in [0.15, 0.2) is 23.4 Å². The summed E-state index contributed by atoms with van der Waals surface area (Å²) in [6, 6.07) is 0. The predicted octanol–water partition coefficient (Wildman–Crippen LogP) is 2.28. The average molecular weight is 153 g/mol. The van der Waals surface area contributed by atoms with Gasteiger partial charge in [-0.3, -0.25) is 10.1 Å². The van der Waals surface area contributed by atoms with Crippen molar-refractivity contribution in [3.05, 3.63) is 33.5 Å². The van der Waals surface area contributed by atoms with Gasteiger partial charge in [0.25, 0.3) is 0 Å². The molecule has 0 unspecified atom stereocenters. The van der Waals surface area contributed by atoms with Crippen LogP contribution in [0.3, 0.4) is 0 Å². The molecule has 0 fully saturated rings. The lowest BCUT2D eigenvalue weighted by molar-refractivity contribution is -0.428. The molecule has 0 bridgehead atoms. The Hall–Kier alpha value is -1.12. The molecule has 60 valence electrons. The van der Waals surface area contributed by atoms with Crippen molar-refractivity contribution in [3.63, 3.8) is 0 Å². The molecule has 1 rings (SSSR count). The highest BCUT2D eigenvalue weighted by Crippen LogP contribution is 2.16. The van der Waals surface area contributed by atoms with E-state index < -0.39 is 0 Å². The number of nitro groups is 1. The van der Waals surface area contributed by atoms with E-state index in [1.54, 1.807) is 6.08 Å². The van der Waals surface area contributed by atoms with Gasteiger partial charge >= 0.3 is 0 Å². The zero-order valence-corrected chi connectivity index (χ0v) is 6.54. The maximum Gasteiger partial charge on any atom is 0.246 e. The molecule has 0 aromatic heterocycles. The van der Waals surface area contributed by atoms with Gasteiger partial charge in [-0.05, 0) is 25.3 Å². The fraction of sp³-hybridized carbons (Fsp3) is 0.500. The molecule has 0 N–H and O–H groups in total. The topological polar surface area (TPSA) is 43.1 Å². The van der Waals surface area contributed by atoms with Crippen LogP contribution in [0.25, 0.3) is 0 Å². The van der Waals surface area contributed by atoms with Crippen molar-refractivity contribution in [1.29, 1.82) is 0 Å². The summed E-state index contributed by atoms with van der Waals surface area (Å²) < 4.78 is 0. The Morgan fingerprint density at radius 1 is 1.64 bits per heavy atom. The summed E-state index contributed by atoms with van der Waals surface area (Å²) in [6.45, 7) is 1.90. The lowest BCUT2D eigenvalue weighted by Gasteiger charge is -1.92. The fourth-order valence-corrected chi connectivity index (χ4v) is 1.15. The molecule has 3 nitrogen and oxygen atoms in total. The maximum atomic E-state index is 10.4. The molecule has 0 saturated carbocycles. The number of hydrogen-bond acceptors (Lipinski definition) is 2. The Kier molecular flexibility index (Phi) is 2.41. The SMILES string of the molecule is CC1=CCCCC([N+](=O)[O-])=C1. The first kappa shape index (κ1) is 7.98. The predicted molar refractivity (Wildman–Crippen MR) is 42.7 cm³/mol. The summed E-state index contributed by atoms with van der Waals surface area (Å²) in [5.74, 6) is 0. The van der Waals surface area contributed by atoms with E-state index in [4.69, 9.17) is 0 Å². The number of allylic oxidation sites excluding steroid dienone is 4. The molecule has 11 heavy (non-hydrogen) atoms. The van der Waals surface area contributed by atoms with Crippen LogP contribution < -0.4 is 0 Å². The van der Waals surface area contributed by atoms with Gasteiger partial charge in [-0.15, -0.1) is 0 Å². The molecule has 0 saturated heterocycles. The third-order valence-electron chi connectivity index (χ3n) is 1.73. The van der Waals surface area contributed by atoms with E-state index in [9.17, 15) is 10.1 Å². The maximum absolute atomic E-state index is 10.4. The van der Waals surface area contributed by atoms with E-state index in [1.165, 1.54) is 0 Å². The minimum absolute atomic E-state index is 0.289. The second kappa shape index (κ2) is 3.32. The summed E-state index contributed by atoms with van der Waals surface area (Å²) >= 11 is 0. The van der Waals surface area contributed by atoms with Crippen LogP contribution >= 0.6 is 0 Å². The normalized spacial score (nSPS) is 18.3. The van der Waals surface area contributed by atoms with Crippen molar-refractivity contribution in [2.45, 2.75) is 26.2 Å². The molecule has 0 aromatic carbocycles. The lowest BCUT2D eigenvalue weighted by Crippen LogP contribution is -1.97. The summed E-state index contributed by atoms with van der Waals surface area (Å²) in [4.78, 5) is 10.1. The largest absolute Gasteiger partial charge is 0.259 e. The molecular formula is C8H11NO2. The first-order valence-corrected chi connectivity index (χ1v) is 3.72. The van der Waals surface area contributed by atoms with Gasteiger partial charge in [0.1, 0.15) is 0 Å². The second-order valence-electron chi connectivity index (χ2n) is 2.73. The van der Waals surface area contributed by atoms with E-state index >= 15 is 0 Å². The highest BCUT2D eigenvalue weighted by Gasteiger charge is 2.11. The zero-order chi connectivity index (χ0) is 8.27. The Morgan fingerprint density at radius 2 is 2.36 bits per heavy atom. The highest BCUT2D eigenvalue weighted by atomic mass is 16.6. The molecule has 0 radical (unpaired) electrons. The molecular weight excluding hydrogens is 142 g/mol. The van der Waals surface area contributed by atoms with Gasteiger partial charge in [0, 0.05) is 12.5 Å². The fourth-order valence-electron chi connectivity index (χ4n) is 1.15. The average Bonchev–Trinajstić information content (AvgIpc) is 2.13. The molecule has 0 spiro atoms. The van der Waals surface area contributed by atoms with Crippen molar-refractivity contribution >= 4 is 0 Å². The van der Waals surface area contributed by atoms with Crippen LogP contribution in [-0.4, -0.2) is 4.92 Å². The molecule has 0 aliphatic heterocycles. The van der Waals surface area contributed by atoms with E-state index in [0.717, 1.165) is 18.4 Å². The standard InChI is InChI=1S/C8H11NO2/c1-7-4-2-3-5-8(6-7)9(10)11/h4,6H,2-3,5H2,1H3. The Bertz CT molecular complexity index is 228. The third kappa shape index (κ3) is 2.18. The monoisotopic (exact) mass is 153 g/mol. The van der Waals surface area contributed by atoms with Crippen LogP contribution in [0.4, 0.5) is 0 Å². The number of nitrogens with zero attached hydrogens (tertiary/aromatic N) is 1. The van der Waals surface area contributed by atoms with Crippen molar-refractivity contribution in [2.24, 2.45) is 0 Å². The van der Waals surface area contributed by atoms with Gasteiger partial charge in [-0.25, -0.2) is 0 Å². The Morgan fingerprint density at radius 3 is 3.00 bits per heavy atom. The van der Waals surface area contributed by atoms with Crippen molar-refractivity contribution in [1.82, 2.24) is 0 Å². The minimum atomic E-state index is -0.289. The Balaban J connectivity index is 2.79. The molecule has 0 aromatic rings. The van der Waals surface area contributed by atoms with Crippen LogP contribution in [0, 0.1) is 10.1 Å². The van der Waals surface area contributed by atoms with Gasteiger partial charge < -0.3 is 0 Å². The van der Waals surface area contributed by atoms with E-state index in [2.05, 4.69) is 0 Å². The Labute approximate surface area is 65.6 Å². The first-order valence-electron chi connectivity index (χ1n) is 3.72. The summed E-state index contributed by atoms with van der Waals surface area (Å²) in [5.41, 5.74) is 1.35. The molecule has 0 heterocycles. The summed E-state index contributed by atoms with van der Waals surface area (Å²) in [7, 11) is 0. The van der Waals surface area contributed by atoms with E-state index in [-0.39, 0.29) is 4.92 Å². The van der Waals surface area contributed by atoms with E-state index in [0.29, 0.717) is 12.1 Å². The van der Waals surface area contributed by atoms with Gasteiger partial charge in [0.2, 0.25) is 5.70 Å². The summed E-state index contributed by atoms with van der Waals surface area (Å²) in [5, 5.41) is 10.4. The van der Waals surface area contributed by atoms with Gasteiger partial charge in [0.05, 0.1) is 4.92 Å². The van der Waals surface area contributed by atoms with E-state index in [1.807, 2.05) is 13.0 Å². The van der Waals surface area contributed by atoms with Crippen LogP contribution in [-0.2, 0) is 0 Å². The van der Waals surface area contributed by atoms with Crippen LogP contribution in [0.2, 0.25) is 0 Å². The molecule has 0 amide bonds.